The Kier molecular flexibility index (Phi) is 2.60. The Morgan fingerprint density at radius 2 is 2.45 bits per heavy atom. The van der Waals surface area contributed by atoms with Crippen molar-refractivity contribution >= 4 is 12.1 Å². The zero-order valence-corrected chi connectivity index (χ0v) is 6.32. The number of rotatable bonds is 3. The first-order valence-corrected chi connectivity index (χ1v) is 3.46. The second kappa shape index (κ2) is 3.71. The molecular weight excluding hydrogens is 140 g/mol. The lowest BCUT2D eigenvalue weighted by Gasteiger charge is -2.05. The second-order valence-corrected chi connectivity index (χ2v) is 2.28. The summed E-state index contributed by atoms with van der Waals surface area (Å²) >= 11 is 0. The molecule has 1 rings (SSSR count). The normalized spacial score (nSPS) is 12.1. The number of nitrogens with zero attached hydrogens (tertiary/aromatic N) is 1. The number of anilines is 1. The molecule has 0 radical (unpaired) electrons. The molecule has 1 aromatic heterocycles. The average Bonchev–Trinajstić information content (AvgIpc) is 2.06. The molecule has 0 aliphatic heterocycles. The number of carbonyl (C=O) groups excluding carboxylic acids is 1. The summed E-state index contributed by atoms with van der Waals surface area (Å²) in [5, 5.41) is 2.91. The third-order valence-corrected chi connectivity index (χ3v) is 1.24. The quantitative estimate of drug-likeness (QED) is 0.655. The lowest BCUT2D eigenvalue weighted by atomic mass is 10.3. The fraction of sp³-hybridized carbons (Fsp3) is 0.250. The van der Waals surface area contributed by atoms with Gasteiger partial charge in [-0.1, -0.05) is 6.07 Å². The van der Waals surface area contributed by atoms with Crippen LogP contribution in [0.5, 0.6) is 0 Å². The molecule has 3 heteroatoms. The fourth-order valence-corrected chi connectivity index (χ4v) is 0.715. The number of hydrogen-bond donors (Lipinski definition) is 1. The van der Waals surface area contributed by atoms with Gasteiger partial charge in [0.15, 0.2) is 0 Å². The maximum Gasteiger partial charge on any atom is 0.141 e. The average molecular weight is 150 g/mol. The molecule has 1 heterocycles. The highest BCUT2D eigenvalue weighted by Crippen LogP contribution is 2.00. The molecule has 1 atom stereocenters. The molecule has 3 nitrogen and oxygen atoms in total. The number of pyridine rings is 1. The van der Waals surface area contributed by atoms with Gasteiger partial charge in [-0.05, 0) is 19.1 Å². The van der Waals surface area contributed by atoms with E-state index in [2.05, 4.69) is 10.3 Å². The van der Waals surface area contributed by atoms with E-state index in [0.717, 1.165) is 12.1 Å². The van der Waals surface area contributed by atoms with Crippen molar-refractivity contribution in [3.8, 4) is 0 Å². The summed E-state index contributed by atoms with van der Waals surface area (Å²) in [5.41, 5.74) is 0. The van der Waals surface area contributed by atoms with Gasteiger partial charge in [0.2, 0.25) is 0 Å². The van der Waals surface area contributed by atoms with E-state index in [1.807, 2.05) is 18.2 Å². The predicted octanol–water partition coefficient (Wildman–Crippen LogP) is 1.08. The summed E-state index contributed by atoms with van der Waals surface area (Å²) in [5.74, 6) is 0.729. The molecule has 1 unspecified atom stereocenters. The van der Waals surface area contributed by atoms with Crippen LogP contribution < -0.4 is 5.32 Å². The third kappa shape index (κ3) is 2.37. The van der Waals surface area contributed by atoms with Crippen LogP contribution in [0, 0.1) is 0 Å². The molecule has 0 aromatic carbocycles. The number of carbonyl (C=O) groups is 1. The largest absolute Gasteiger partial charge is 0.361 e. The van der Waals surface area contributed by atoms with Crippen LogP contribution in [0.1, 0.15) is 6.92 Å². The smallest absolute Gasteiger partial charge is 0.141 e. The Labute approximate surface area is 65.5 Å². The summed E-state index contributed by atoms with van der Waals surface area (Å²) in [6.07, 6.45) is 2.52. The van der Waals surface area contributed by atoms with Crippen LogP contribution >= 0.6 is 0 Å². The summed E-state index contributed by atoms with van der Waals surface area (Å²) in [7, 11) is 0. The van der Waals surface area contributed by atoms with Crippen LogP contribution in [-0.4, -0.2) is 17.3 Å². The number of hydrogen-bond acceptors (Lipinski definition) is 3. The molecular formula is C8H10N2O. The number of aldehydes is 1. The minimum Gasteiger partial charge on any atom is -0.361 e. The van der Waals surface area contributed by atoms with Gasteiger partial charge in [0.25, 0.3) is 0 Å². The van der Waals surface area contributed by atoms with Crippen molar-refractivity contribution < 1.29 is 4.79 Å². The molecule has 0 saturated heterocycles. The minimum atomic E-state index is -0.176. The highest BCUT2D eigenvalue weighted by Gasteiger charge is 1.97. The zero-order valence-electron chi connectivity index (χ0n) is 6.32. The SMILES string of the molecule is CC(C=O)Nc1ccccn1. The molecule has 0 spiro atoms. The first-order chi connectivity index (χ1) is 5.33. The van der Waals surface area contributed by atoms with Gasteiger partial charge in [-0.2, -0.15) is 0 Å². The molecule has 0 bridgehead atoms. The molecule has 0 saturated carbocycles. The van der Waals surface area contributed by atoms with Crippen molar-refractivity contribution in [2.24, 2.45) is 0 Å². The van der Waals surface area contributed by atoms with Gasteiger partial charge >= 0.3 is 0 Å². The van der Waals surface area contributed by atoms with Gasteiger partial charge in [0, 0.05) is 6.20 Å². The summed E-state index contributed by atoms with van der Waals surface area (Å²) < 4.78 is 0. The molecule has 1 N–H and O–H groups in total. The van der Waals surface area contributed by atoms with E-state index in [-0.39, 0.29) is 6.04 Å². The molecule has 58 valence electrons. The molecule has 0 amide bonds. The molecule has 0 aliphatic rings. The monoisotopic (exact) mass is 150 g/mol. The number of aromatic nitrogens is 1. The predicted molar refractivity (Wildman–Crippen MR) is 43.4 cm³/mol. The molecule has 11 heavy (non-hydrogen) atoms. The summed E-state index contributed by atoms with van der Waals surface area (Å²) in [6, 6.07) is 5.34. The Balaban J connectivity index is 2.57. The van der Waals surface area contributed by atoms with E-state index in [9.17, 15) is 4.79 Å². The zero-order chi connectivity index (χ0) is 8.10. The van der Waals surface area contributed by atoms with Gasteiger partial charge in [0.05, 0.1) is 6.04 Å². The maximum absolute atomic E-state index is 10.2. The highest BCUT2D eigenvalue weighted by atomic mass is 16.1. The topological polar surface area (TPSA) is 42.0 Å². The van der Waals surface area contributed by atoms with E-state index in [1.54, 1.807) is 13.1 Å². The molecule has 0 aliphatic carbocycles. The highest BCUT2D eigenvalue weighted by molar-refractivity contribution is 5.62. The fourth-order valence-electron chi connectivity index (χ4n) is 0.715. The van der Waals surface area contributed by atoms with Gasteiger partial charge in [-0.3, -0.25) is 0 Å². The van der Waals surface area contributed by atoms with Crippen LogP contribution in [0.15, 0.2) is 24.4 Å². The Morgan fingerprint density at radius 1 is 1.64 bits per heavy atom. The van der Waals surface area contributed by atoms with Gasteiger partial charge in [-0.25, -0.2) is 4.98 Å². The first kappa shape index (κ1) is 7.72. The van der Waals surface area contributed by atoms with Crippen molar-refractivity contribution in [2.75, 3.05) is 5.32 Å². The second-order valence-electron chi connectivity index (χ2n) is 2.28. The number of nitrogens with one attached hydrogen (secondary N) is 1. The van der Waals surface area contributed by atoms with E-state index in [1.165, 1.54) is 0 Å². The van der Waals surface area contributed by atoms with Crippen LogP contribution in [-0.2, 0) is 4.79 Å². The van der Waals surface area contributed by atoms with Crippen molar-refractivity contribution in [2.45, 2.75) is 13.0 Å². The van der Waals surface area contributed by atoms with Crippen LogP contribution in [0.4, 0.5) is 5.82 Å². The minimum absolute atomic E-state index is 0.176. The Bertz CT molecular complexity index is 223. The van der Waals surface area contributed by atoms with Gasteiger partial charge < -0.3 is 10.1 Å². The van der Waals surface area contributed by atoms with Crippen LogP contribution in [0.3, 0.4) is 0 Å². The van der Waals surface area contributed by atoms with E-state index in [4.69, 9.17) is 0 Å². The van der Waals surface area contributed by atoms with E-state index < -0.39 is 0 Å². The van der Waals surface area contributed by atoms with E-state index >= 15 is 0 Å². The lowest BCUT2D eigenvalue weighted by Crippen LogP contribution is -2.16. The van der Waals surface area contributed by atoms with Crippen molar-refractivity contribution in [3.63, 3.8) is 0 Å². The van der Waals surface area contributed by atoms with Crippen molar-refractivity contribution in [1.29, 1.82) is 0 Å². The van der Waals surface area contributed by atoms with Crippen LogP contribution in [0.2, 0.25) is 0 Å². The Morgan fingerprint density at radius 3 is 3.00 bits per heavy atom. The van der Waals surface area contributed by atoms with E-state index in [0.29, 0.717) is 0 Å². The third-order valence-electron chi connectivity index (χ3n) is 1.24. The summed E-state index contributed by atoms with van der Waals surface area (Å²) in [6.45, 7) is 1.78. The van der Waals surface area contributed by atoms with Crippen molar-refractivity contribution in [1.82, 2.24) is 4.98 Å². The maximum atomic E-state index is 10.2. The van der Waals surface area contributed by atoms with Gasteiger partial charge in [-0.15, -0.1) is 0 Å². The molecule has 0 fully saturated rings. The standard InChI is InChI=1S/C8H10N2O/c1-7(6-11)10-8-4-2-3-5-9-8/h2-7H,1H3,(H,9,10). The van der Waals surface area contributed by atoms with Crippen LogP contribution in [0.25, 0.3) is 0 Å². The Hall–Kier alpha value is -1.38. The lowest BCUT2D eigenvalue weighted by molar-refractivity contribution is -0.108. The van der Waals surface area contributed by atoms with Crippen molar-refractivity contribution in [3.05, 3.63) is 24.4 Å². The molecule has 1 aromatic rings. The first-order valence-electron chi connectivity index (χ1n) is 3.46. The summed E-state index contributed by atoms with van der Waals surface area (Å²) in [4.78, 5) is 14.2. The van der Waals surface area contributed by atoms with Gasteiger partial charge in [0.1, 0.15) is 12.1 Å².